The Morgan fingerprint density at radius 1 is 1.44 bits per heavy atom. The fourth-order valence-electron chi connectivity index (χ4n) is 1.66. The average molecular weight is 249 g/mol. The second kappa shape index (κ2) is 4.80. The minimum Gasteiger partial charge on any atom is -0.353 e. The molecule has 1 atom stereocenters. The minimum atomic E-state index is -0.265. The van der Waals surface area contributed by atoms with E-state index in [0.29, 0.717) is 17.5 Å². The van der Waals surface area contributed by atoms with Crippen molar-refractivity contribution < 1.29 is 0 Å². The van der Waals surface area contributed by atoms with Crippen molar-refractivity contribution in [1.82, 2.24) is 19.6 Å². The van der Waals surface area contributed by atoms with Crippen LogP contribution in [0.4, 0.5) is 5.95 Å². The van der Waals surface area contributed by atoms with Gasteiger partial charge in [0.1, 0.15) is 0 Å². The molecule has 0 aliphatic carbocycles. The smallest absolute Gasteiger partial charge is 0.350 e. The summed E-state index contributed by atoms with van der Waals surface area (Å²) in [5.41, 5.74) is 1.26. The quantitative estimate of drug-likeness (QED) is 0.865. The van der Waals surface area contributed by atoms with Crippen molar-refractivity contribution in [2.75, 3.05) is 5.32 Å². The lowest BCUT2D eigenvalue weighted by Crippen LogP contribution is -2.22. The Morgan fingerprint density at radius 2 is 2.17 bits per heavy atom. The fraction of sp³-hybridized carbons (Fsp3) is 0.583. The maximum Gasteiger partial charge on any atom is 0.350 e. The molecule has 0 spiro atoms. The molecule has 6 heteroatoms. The lowest BCUT2D eigenvalue weighted by molar-refractivity contribution is 0.737. The number of aromatic amines is 1. The molecule has 18 heavy (non-hydrogen) atoms. The van der Waals surface area contributed by atoms with Crippen molar-refractivity contribution in [3.63, 3.8) is 0 Å². The van der Waals surface area contributed by atoms with Gasteiger partial charge in [-0.2, -0.15) is 5.10 Å². The average Bonchev–Trinajstić information content (AvgIpc) is 2.71. The number of hydrogen-bond acceptors (Lipinski definition) is 4. The number of hydrogen-bond donors (Lipinski definition) is 2. The monoisotopic (exact) mass is 249 g/mol. The molecule has 98 valence electrons. The summed E-state index contributed by atoms with van der Waals surface area (Å²) in [4.78, 5) is 16.2. The van der Waals surface area contributed by atoms with E-state index in [-0.39, 0.29) is 11.7 Å². The van der Waals surface area contributed by atoms with Gasteiger partial charge in [-0.1, -0.05) is 20.8 Å². The Balaban J connectivity index is 2.59. The SMILES string of the molecule is CC[C@H](C)Nc1nc(C(C)C)cc2n[nH]c(=O)n12. The Labute approximate surface area is 105 Å². The van der Waals surface area contributed by atoms with E-state index < -0.39 is 0 Å². The maximum atomic E-state index is 11.7. The lowest BCUT2D eigenvalue weighted by atomic mass is 10.1. The number of nitrogens with zero attached hydrogens (tertiary/aromatic N) is 3. The van der Waals surface area contributed by atoms with Crippen LogP contribution in [0, 0.1) is 0 Å². The Morgan fingerprint density at radius 3 is 2.78 bits per heavy atom. The third-order valence-corrected chi connectivity index (χ3v) is 3.00. The van der Waals surface area contributed by atoms with E-state index in [1.165, 1.54) is 4.40 Å². The summed E-state index contributed by atoms with van der Waals surface area (Å²) in [6.07, 6.45) is 0.960. The molecule has 2 aromatic heterocycles. The van der Waals surface area contributed by atoms with Gasteiger partial charge in [-0.15, -0.1) is 0 Å². The highest BCUT2D eigenvalue weighted by Crippen LogP contribution is 2.16. The number of fused-ring (bicyclic) bond motifs is 1. The third kappa shape index (κ3) is 2.23. The van der Waals surface area contributed by atoms with Crippen LogP contribution < -0.4 is 11.0 Å². The number of H-pyrrole nitrogens is 1. The van der Waals surface area contributed by atoms with E-state index in [9.17, 15) is 4.79 Å². The van der Waals surface area contributed by atoms with E-state index in [1.807, 2.05) is 6.07 Å². The first-order valence-corrected chi connectivity index (χ1v) is 6.27. The molecule has 0 radical (unpaired) electrons. The zero-order valence-electron chi connectivity index (χ0n) is 11.2. The predicted octanol–water partition coefficient (Wildman–Crippen LogP) is 1.75. The first-order valence-electron chi connectivity index (χ1n) is 6.27. The molecule has 0 bridgehead atoms. The molecule has 2 aromatic rings. The van der Waals surface area contributed by atoms with Gasteiger partial charge in [0.2, 0.25) is 5.95 Å². The number of aromatic nitrogens is 4. The topological polar surface area (TPSA) is 75.1 Å². The normalized spacial score (nSPS) is 13.2. The van der Waals surface area contributed by atoms with Crippen molar-refractivity contribution in [2.24, 2.45) is 0 Å². The van der Waals surface area contributed by atoms with Crippen LogP contribution in [0.15, 0.2) is 10.9 Å². The summed E-state index contributed by atoms with van der Waals surface area (Å²) in [5, 5.41) is 9.70. The molecule has 0 amide bonds. The van der Waals surface area contributed by atoms with Crippen molar-refractivity contribution in [3.8, 4) is 0 Å². The number of anilines is 1. The van der Waals surface area contributed by atoms with Crippen LogP contribution >= 0.6 is 0 Å². The van der Waals surface area contributed by atoms with Gasteiger partial charge < -0.3 is 5.32 Å². The van der Waals surface area contributed by atoms with E-state index in [2.05, 4.69) is 48.2 Å². The highest BCUT2D eigenvalue weighted by molar-refractivity contribution is 5.46. The van der Waals surface area contributed by atoms with Gasteiger partial charge in [-0.3, -0.25) is 0 Å². The van der Waals surface area contributed by atoms with Crippen LogP contribution in [0.3, 0.4) is 0 Å². The third-order valence-electron chi connectivity index (χ3n) is 3.00. The summed E-state index contributed by atoms with van der Waals surface area (Å²) in [6, 6.07) is 2.09. The standard InChI is InChI=1S/C12H19N5O/c1-5-8(4)13-11-14-9(7(2)3)6-10-15-16-12(18)17(10)11/h6-8H,5H2,1-4H3,(H,13,14)(H,16,18)/t8-/m0/s1. The maximum absolute atomic E-state index is 11.7. The molecular formula is C12H19N5O. The van der Waals surface area contributed by atoms with Crippen molar-refractivity contribution in [3.05, 3.63) is 22.2 Å². The van der Waals surface area contributed by atoms with E-state index in [1.54, 1.807) is 0 Å². The molecule has 0 fully saturated rings. The van der Waals surface area contributed by atoms with Gasteiger partial charge in [0.15, 0.2) is 5.65 Å². The molecule has 2 rings (SSSR count). The second-order valence-electron chi connectivity index (χ2n) is 4.84. The lowest BCUT2D eigenvalue weighted by Gasteiger charge is -2.14. The van der Waals surface area contributed by atoms with Crippen LogP contribution in [0.1, 0.15) is 45.7 Å². The molecule has 2 N–H and O–H groups in total. The second-order valence-corrected chi connectivity index (χ2v) is 4.84. The zero-order valence-corrected chi connectivity index (χ0v) is 11.2. The Hall–Kier alpha value is -1.85. The predicted molar refractivity (Wildman–Crippen MR) is 71.1 cm³/mol. The first-order chi connectivity index (χ1) is 8.52. The van der Waals surface area contributed by atoms with Gasteiger partial charge in [-0.05, 0) is 19.3 Å². The van der Waals surface area contributed by atoms with Crippen molar-refractivity contribution in [2.45, 2.75) is 46.1 Å². The number of nitrogens with one attached hydrogen (secondary N) is 2. The Bertz CT molecular complexity index is 598. The van der Waals surface area contributed by atoms with Gasteiger partial charge in [0.25, 0.3) is 0 Å². The van der Waals surface area contributed by atoms with Gasteiger partial charge in [0.05, 0.1) is 5.69 Å². The molecule has 2 heterocycles. The summed E-state index contributed by atoms with van der Waals surface area (Å²) < 4.78 is 1.47. The van der Waals surface area contributed by atoms with E-state index in [0.717, 1.165) is 12.1 Å². The zero-order chi connectivity index (χ0) is 13.3. The summed E-state index contributed by atoms with van der Waals surface area (Å²) in [5.74, 6) is 0.851. The van der Waals surface area contributed by atoms with Crippen molar-refractivity contribution >= 4 is 11.6 Å². The molecule has 0 aliphatic heterocycles. The van der Waals surface area contributed by atoms with Gasteiger partial charge in [0, 0.05) is 12.1 Å². The Kier molecular flexibility index (Phi) is 3.36. The highest BCUT2D eigenvalue weighted by atomic mass is 16.1. The molecule has 0 unspecified atom stereocenters. The molecule has 0 saturated heterocycles. The van der Waals surface area contributed by atoms with E-state index in [4.69, 9.17) is 0 Å². The molecule has 6 nitrogen and oxygen atoms in total. The molecule has 0 aromatic carbocycles. The summed E-state index contributed by atoms with van der Waals surface area (Å²) in [7, 11) is 0. The number of rotatable bonds is 4. The van der Waals surface area contributed by atoms with E-state index >= 15 is 0 Å². The first kappa shape index (κ1) is 12.6. The molecule has 0 aliphatic rings. The molecule has 0 saturated carbocycles. The summed E-state index contributed by atoms with van der Waals surface area (Å²) in [6.45, 7) is 8.27. The fourth-order valence-corrected chi connectivity index (χ4v) is 1.66. The van der Waals surface area contributed by atoms with Crippen LogP contribution in [0.2, 0.25) is 0 Å². The van der Waals surface area contributed by atoms with Crippen LogP contribution in [0.25, 0.3) is 5.65 Å². The van der Waals surface area contributed by atoms with Gasteiger partial charge in [-0.25, -0.2) is 19.3 Å². The minimum absolute atomic E-state index is 0.255. The largest absolute Gasteiger partial charge is 0.353 e. The molecular weight excluding hydrogens is 230 g/mol. The van der Waals surface area contributed by atoms with Crippen LogP contribution in [0.5, 0.6) is 0 Å². The highest BCUT2D eigenvalue weighted by Gasteiger charge is 2.13. The summed E-state index contributed by atoms with van der Waals surface area (Å²) >= 11 is 0. The van der Waals surface area contributed by atoms with Crippen LogP contribution in [-0.4, -0.2) is 25.6 Å². The van der Waals surface area contributed by atoms with Crippen molar-refractivity contribution in [1.29, 1.82) is 0 Å². The van der Waals surface area contributed by atoms with Crippen LogP contribution in [-0.2, 0) is 0 Å². The van der Waals surface area contributed by atoms with Gasteiger partial charge >= 0.3 is 5.69 Å².